The zero-order chi connectivity index (χ0) is 18.3. The second-order valence-electron chi connectivity index (χ2n) is 6.49. The number of nitrogens with zero attached hydrogens (tertiary/aromatic N) is 1. The Hall–Kier alpha value is -1.77. The van der Waals surface area contributed by atoms with Gasteiger partial charge in [-0.3, -0.25) is 14.4 Å². The zero-order valence-corrected chi connectivity index (χ0v) is 15.1. The van der Waals surface area contributed by atoms with Crippen molar-refractivity contribution in [3.63, 3.8) is 0 Å². The predicted octanol–water partition coefficient (Wildman–Crippen LogP) is 0.824. The van der Waals surface area contributed by atoms with Crippen molar-refractivity contribution in [2.75, 3.05) is 6.61 Å². The van der Waals surface area contributed by atoms with Gasteiger partial charge in [-0.15, -0.1) is 11.8 Å². The molecular weight excluding hydrogens is 338 g/mol. The minimum absolute atomic E-state index is 0.0267. The summed E-state index contributed by atoms with van der Waals surface area (Å²) in [5.74, 6) is -3.37. The van der Waals surface area contributed by atoms with E-state index >= 15 is 0 Å². The molecule has 2 heterocycles. The number of esters is 3. The Balaban J connectivity index is 2.18. The highest BCUT2D eigenvalue weighted by Gasteiger charge is 2.62. The summed E-state index contributed by atoms with van der Waals surface area (Å²) in [6, 6.07) is -0.914. The standard InChI is InChI=1S/C15H21NO7S/c1-8(17)21-7-15(5)12(16-10(19)6-11(16)24-15)13(20)23-14(3,4)22-9(2)18/h11-12H,6-7H2,1-5H3. The number of β-lactam (4-membered cyclic amide) rings is 1. The molecule has 0 aromatic carbocycles. The molecule has 2 rings (SSSR count). The lowest BCUT2D eigenvalue weighted by atomic mass is 9.97. The lowest BCUT2D eigenvalue weighted by Crippen LogP contribution is -2.59. The molecule has 0 aliphatic carbocycles. The minimum Gasteiger partial charge on any atom is -0.464 e. The molecule has 0 radical (unpaired) electrons. The fourth-order valence-corrected chi connectivity index (χ4v) is 4.53. The summed E-state index contributed by atoms with van der Waals surface area (Å²) >= 11 is 1.40. The van der Waals surface area contributed by atoms with Gasteiger partial charge in [0.25, 0.3) is 5.79 Å². The van der Waals surface area contributed by atoms with E-state index in [0.717, 1.165) is 0 Å². The van der Waals surface area contributed by atoms with E-state index < -0.39 is 34.5 Å². The van der Waals surface area contributed by atoms with Crippen LogP contribution in [0.3, 0.4) is 0 Å². The molecule has 2 fully saturated rings. The van der Waals surface area contributed by atoms with Crippen LogP contribution < -0.4 is 0 Å². The predicted molar refractivity (Wildman–Crippen MR) is 83.6 cm³/mol. The smallest absolute Gasteiger partial charge is 0.333 e. The van der Waals surface area contributed by atoms with E-state index in [2.05, 4.69) is 0 Å². The van der Waals surface area contributed by atoms with Gasteiger partial charge in [-0.2, -0.15) is 0 Å². The highest BCUT2D eigenvalue weighted by molar-refractivity contribution is 8.01. The molecule has 134 valence electrons. The van der Waals surface area contributed by atoms with Crippen LogP contribution in [0.25, 0.3) is 0 Å². The topological polar surface area (TPSA) is 99.2 Å². The van der Waals surface area contributed by atoms with E-state index in [1.165, 1.54) is 44.4 Å². The van der Waals surface area contributed by atoms with Crippen LogP contribution in [-0.2, 0) is 33.4 Å². The van der Waals surface area contributed by atoms with E-state index in [0.29, 0.717) is 6.42 Å². The van der Waals surface area contributed by atoms with Gasteiger partial charge in [-0.1, -0.05) is 0 Å². The molecule has 24 heavy (non-hydrogen) atoms. The molecule has 1 amide bonds. The van der Waals surface area contributed by atoms with Crippen LogP contribution in [0.5, 0.6) is 0 Å². The Morgan fingerprint density at radius 2 is 1.88 bits per heavy atom. The number of thioether (sulfide) groups is 1. The van der Waals surface area contributed by atoms with Crippen molar-refractivity contribution < 1.29 is 33.4 Å². The van der Waals surface area contributed by atoms with E-state index in [1.54, 1.807) is 6.92 Å². The summed E-state index contributed by atoms with van der Waals surface area (Å²) in [6.45, 7) is 7.08. The maximum absolute atomic E-state index is 12.7. The van der Waals surface area contributed by atoms with Gasteiger partial charge >= 0.3 is 17.9 Å². The molecule has 0 N–H and O–H groups in total. The average Bonchev–Trinajstić information content (AvgIpc) is 2.63. The van der Waals surface area contributed by atoms with Gasteiger partial charge in [0.05, 0.1) is 16.5 Å². The number of hydrogen-bond acceptors (Lipinski definition) is 8. The second-order valence-corrected chi connectivity index (χ2v) is 8.20. The van der Waals surface area contributed by atoms with Crippen LogP contribution in [0.1, 0.15) is 41.0 Å². The molecule has 8 nitrogen and oxygen atoms in total. The number of rotatable bonds is 5. The van der Waals surface area contributed by atoms with Gasteiger partial charge in [0.1, 0.15) is 12.6 Å². The largest absolute Gasteiger partial charge is 0.464 e. The lowest BCUT2D eigenvalue weighted by Gasteiger charge is -2.38. The normalized spacial score (nSPS) is 28.7. The number of carbonyl (C=O) groups is 4. The highest BCUT2D eigenvalue weighted by Crippen LogP contribution is 2.51. The van der Waals surface area contributed by atoms with Gasteiger partial charge in [-0.05, 0) is 6.92 Å². The minimum atomic E-state index is -1.46. The first-order valence-electron chi connectivity index (χ1n) is 7.50. The fourth-order valence-electron chi connectivity index (χ4n) is 2.87. The van der Waals surface area contributed by atoms with Gasteiger partial charge < -0.3 is 19.1 Å². The van der Waals surface area contributed by atoms with E-state index in [1.807, 2.05) is 0 Å². The van der Waals surface area contributed by atoms with Gasteiger partial charge in [0, 0.05) is 27.7 Å². The van der Waals surface area contributed by atoms with Crippen molar-refractivity contribution >= 4 is 35.6 Å². The van der Waals surface area contributed by atoms with Gasteiger partial charge in [0.15, 0.2) is 0 Å². The van der Waals surface area contributed by atoms with E-state index in [-0.39, 0.29) is 17.9 Å². The summed E-state index contributed by atoms with van der Waals surface area (Å²) in [7, 11) is 0. The Morgan fingerprint density at radius 3 is 2.38 bits per heavy atom. The highest BCUT2D eigenvalue weighted by atomic mass is 32.2. The van der Waals surface area contributed by atoms with Crippen molar-refractivity contribution in [3.8, 4) is 0 Å². The number of ether oxygens (including phenoxy) is 3. The molecule has 0 spiro atoms. The Morgan fingerprint density at radius 1 is 1.25 bits per heavy atom. The molecule has 0 aromatic rings. The molecule has 2 aliphatic heterocycles. The summed E-state index contributed by atoms with van der Waals surface area (Å²) in [5, 5.41) is -0.146. The van der Waals surface area contributed by atoms with Crippen molar-refractivity contribution in [2.45, 2.75) is 63.0 Å². The van der Waals surface area contributed by atoms with E-state index in [9.17, 15) is 19.2 Å². The number of hydrogen-bond donors (Lipinski definition) is 0. The quantitative estimate of drug-likeness (QED) is 0.404. The van der Waals surface area contributed by atoms with Crippen LogP contribution in [0.2, 0.25) is 0 Å². The van der Waals surface area contributed by atoms with Crippen LogP contribution in [0.4, 0.5) is 0 Å². The Kier molecular flexibility index (Phi) is 4.85. The summed E-state index contributed by atoms with van der Waals surface area (Å²) in [5.41, 5.74) is 0. The molecule has 3 unspecified atom stereocenters. The molecule has 0 bridgehead atoms. The lowest BCUT2D eigenvalue weighted by molar-refractivity contribution is -0.220. The Labute approximate surface area is 144 Å². The third kappa shape index (κ3) is 3.66. The van der Waals surface area contributed by atoms with Gasteiger partial charge in [0.2, 0.25) is 5.91 Å². The van der Waals surface area contributed by atoms with Crippen molar-refractivity contribution in [3.05, 3.63) is 0 Å². The third-order valence-electron chi connectivity index (χ3n) is 3.73. The second kappa shape index (κ2) is 6.27. The average molecular weight is 359 g/mol. The first-order valence-corrected chi connectivity index (χ1v) is 8.38. The molecule has 0 saturated carbocycles. The molecule has 2 saturated heterocycles. The third-order valence-corrected chi connectivity index (χ3v) is 5.28. The number of amides is 1. The van der Waals surface area contributed by atoms with Crippen LogP contribution >= 0.6 is 11.8 Å². The molecular formula is C15H21NO7S. The molecule has 3 atom stereocenters. The Bertz CT molecular complexity index is 590. The SMILES string of the molecule is CC(=O)OCC1(C)SC2CC(=O)N2C1C(=O)OC(C)(C)OC(C)=O. The zero-order valence-electron chi connectivity index (χ0n) is 14.3. The number of carbonyl (C=O) groups excluding carboxylic acids is 4. The van der Waals surface area contributed by atoms with Crippen molar-refractivity contribution in [1.82, 2.24) is 4.90 Å². The van der Waals surface area contributed by atoms with Crippen LogP contribution in [-0.4, -0.2) is 57.3 Å². The maximum Gasteiger partial charge on any atom is 0.333 e. The molecule has 0 aromatic heterocycles. The van der Waals surface area contributed by atoms with Gasteiger partial charge in [-0.25, -0.2) is 4.79 Å². The fraction of sp³-hybridized carbons (Fsp3) is 0.733. The van der Waals surface area contributed by atoms with E-state index in [4.69, 9.17) is 14.2 Å². The van der Waals surface area contributed by atoms with Crippen molar-refractivity contribution in [2.24, 2.45) is 0 Å². The monoisotopic (exact) mass is 359 g/mol. The maximum atomic E-state index is 12.7. The molecule has 2 aliphatic rings. The summed E-state index contributed by atoms with van der Waals surface area (Å²) in [4.78, 5) is 48.3. The summed E-state index contributed by atoms with van der Waals surface area (Å²) in [6.07, 6.45) is 0.331. The number of fused-ring (bicyclic) bond motifs is 1. The first-order chi connectivity index (χ1) is 10.9. The van der Waals surface area contributed by atoms with Crippen LogP contribution in [0.15, 0.2) is 0 Å². The van der Waals surface area contributed by atoms with Crippen molar-refractivity contribution in [1.29, 1.82) is 0 Å². The summed E-state index contributed by atoms with van der Waals surface area (Å²) < 4.78 is 14.5. The van der Waals surface area contributed by atoms with Crippen LogP contribution in [0, 0.1) is 0 Å². The first kappa shape index (κ1) is 18.6. The molecule has 9 heteroatoms.